The molecule has 84 valence electrons. The average molecular weight is 239 g/mol. The second kappa shape index (κ2) is 5.80. The topological polar surface area (TPSA) is 16.1 Å². The predicted molar refractivity (Wildman–Crippen MR) is 53.1 cm³/mol. The highest BCUT2D eigenvalue weighted by Gasteiger charge is 2.16. The molecule has 0 saturated carbocycles. The van der Waals surface area contributed by atoms with Crippen molar-refractivity contribution in [2.24, 2.45) is 0 Å². The van der Waals surface area contributed by atoms with E-state index in [9.17, 15) is 13.2 Å². The van der Waals surface area contributed by atoms with Crippen LogP contribution in [0.25, 0.3) is 0 Å². The zero-order chi connectivity index (χ0) is 11.3. The maximum Gasteiger partial charge on any atom is 0.255 e. The van der Waals surface area contributed by atoms with Crippen molar-refractivity contribution in [3.05, 3.63) is 24.1 Å². The van der Waals surface area contributed by atoms with Crippen molar-refractivity contribution in [3.8, 4) is 0 Å². The van der Waals surface area contributed by atoms with Gasteiger partial charge in [0.25, 0.3) is 6.43 Å². The van der Waals surface area contributed by atoms with E-state index in [0.717, 1.165) is 4.90 Å². The summed E-state index contributed by atoms with van der Waals surface area (Å²) in [6.07, 6.45) is -1.19. The van der Waals surface area contributed by atoms with Gasteiger partial charge in [0.05, 0.1) is 6.54 Å². The fourth-order valence-electron chi connectivity index (χ4n) is 1.16. The van der Waals surface area contributed by atoms with Crippen LogP contribution in [0.15, 0.2) is 18.3 Å². The molecule has 0 bridgehead atoms. The molecule has 0 spiro atoms. The Balaban J connectivity index is 2.83. The minimum atomic E-state index is -2.55. The minimum Gasteiger partial charge on any atom is -0.347 e. The van der Waals surface area contributed by atoms with E-state index in [0.29, 0.717) is 0 Å². The van der Waals surface area contributed by atoms with Crippen LogP contribution >= 0.6 is 11.6 Å². The molecule has 0 aliphatic rings. The molecule has 1 rings (SSSR count). The number of halogens is 4. The average Bonchev–Trinajstić information content (AvgIpc) is 2.17. The monoisotopic (exact) mass is 238 g/mol. The van der Waals surface area contributed by atoms with Crippen molar-refractivity contribution >= 4 is 17.4 Å². The molecular formula is C9H10ClF3N2. The van der Waals surface area contributed by atoms with Crippen LogP contribution in [0, 0.1) is 5.82 Å². The molecule has 1 heterocycles. The summed E-state index contributed by atoms with van der Waals surface area (Å²) >= 11 is 5.45. The first-order chi connectivity index (χ1) is 7.15. The van der Waals surface area contributed by atoms with Gasteiger partial charge in [-0.15, -0.1) is 11.6 Å². The van der Waals surface area contributed by atoms with Crippen LogP contribution in [0.3, 0.4) is 0 Å². The van der Waals surface area contributed by atoms with E-state index >= 15 is 0 Å². The third-order valence-corrected chi connectivity index (χ3v) is 1.92. The first-order valence-electron chi connectivity index (χ1n) is 4.34. The van der Waals surface area contributed by atoms with Crippen LogP contribution in [0.5, 0.6) is 0 Å². The van der Waals surface area contributed by atoms with Gasteiger partial charge in [0, 0.05) is 18.6 Å². The van der Waals surface area contributed by atoms with Gasteiger partial charge < -0.3 is 4.90 Å². The van der Waals surface area contributed by atoms with Crippen LogP contribution in [0.1, 0.15) is 0 Å². The van der Waals surface area contributed by atoms with Gasteiger partial charge >= 0.3 is 0 Å². The Morgan fingerprint density at radius 2 is 2.20 bits per heavy atom. The molecule has 0 fully saturated rings. The second-order valence-corrected chi connectivity index (χ2v) is 3.21. The van der Waals surface area contributed by atoms with Crippen molar-refractivity contribution < 1.29 is 13.2 Å². The smallest absolute Gasteiger partial charge is 0.255 e. The van der Waals surface area contributed by atoms with E-state index in [2.05, 4.69) is 4.98 Å². The maximum atomic E-state index is 13.2. The fraction of sp³-hybridized carbons (Fsp3) is 0.444. The summed E-state index contributed by atoms with van der Waals surface area (Å²) < 4.78 is 37.6. The lowest BCUT2D eigenvalue weighted by molar-refractivity contribution is 0.155. The first-order valence-corrected chi connectivity index (χ1v) is 4.88. The Bertz CT molecular complexity index is 309. The largest absolute Gasteiger partial charge is 0.347 e. The molecule has 0 saturated heterocycles. The van der Waals surface area contributed by atoms with E-state index < -0.39 is 18.8 Å². The van der Waals surface area contributed by atoms with Gasteiger partial charge in [0.1, 0.15) is 0 Å². The standard InChI is InChI=1S/C9H10ClF3N2/c10-3-5-15(6-8(12)13)9-7(11)2-1-4-14-9/h1-2,4,8H,3,5-6H2. The molecule has 0 amide bonds. The van der Waals surface area contributed by atoms with E-state index in [1.165, 1.54) is 18.3 Å². The molecular weight excluding hydrogens is 229 g/mol. The highest BCUT2D eigenvalue weighted by molar-refractivity contribution is 6.18. The number of alkyl halides is 3. The van der Waals surface area contributed by atoms with E-state index in [4.69, 9.17) is 11.6 Å². The quantitative estimate of drug-likeness (QED) is 0.733. The molecule has 0 unspecified atom stereocenters. The molecule has 1 aromatic heterocycles. The number of pyridine rings is 1. The number of nitrogens with zero attached hydrogens (tertiary/aromatic N) is 2. The Morgan fingerprint density at radius 3 is 2.73 bits per heavy atom. The van der Waals surface area contributed by atoms with Crippen LogP contribution in [0.2, 0.25) is 0 Å². The van der Waals surface area contributed by atoms with Crippen LogP contribution in [0.4, 0.5) is 19.0 Å². The van der Waals surface area contributed by atoms with Crippen molar-refractivity contribution in [2.75, 3.05) is 23.9 Å². The summed E-state index contributed by atoms with van der Waals surface area (Å²) in [6, 6.07) is 2.58. The van der Waals surface area contributed by atoms with Gasteiger partial charge in [-0.3, -0.25) is 0 Å². The molecule has 0 aliphatic carbocycles. The molecule has 15 heavy (non-hydrogen) atoms. The SMILES string of the molecule is Fc1cccnc1N(CCCl)CC(F)F. The summed E-state index contributed by atoms with van der Waals surface area (Å²) in [5.74, 6) is -0.565. The van der Waals surface area contributed by atoms with E-state index in [1.54, 1.807) is 0 Å². The van der Waals surface area contributed by atoms with Gasteiger partial charge in [-0.25, -0.2) is 18.2 Å². The van der Waals surface area contributed by atoms with Crippen molar-refractivity contribution in [2.45, 2.75) is 6.43 Å². The highest BCUT2D eigenvalue weighted by Crippen LogP contribution is 2.16. The van der Waals surface area contributed by atoms with Gasteiger partial charge in [-0.1, -0.05) is 0 Å². The maximum absolute atomic E-state index is 13.2. The van der Waals surface area contributed by atoms with Gasteiger partial charge in [-0.2, -0.15) is 0 Å². The van der Waals surface area contributed by atoms with Crippen LogP contribution in [-0.4, -0.2) is 30.4 Å². The van der Waals surface area contributed by atoms with Gasteiger partial charge in [0.2, 0.25) is 0 Å². The summed E-state index contributed by atoms with van der Waals surface area (Å²) in [7, 11) is 0. The Kier molecular flexibility index (Phi) is 4.68. The van der Waals surface area contributed by atoms with Crippen molar-refractivity contribution in [1.29, 1.82) is 0 Å². The summed E-state index contributed by atoms with van der Waals surface area (Å²) in [5, 5.41) is 0. The lowest BCUT2D eigenvalue weighted by Crippen LogP contribution is -2.32. The first kappa shape index (κ1) is 12.1. The zero-order valence-electron chi connectivity index (χ0n) is 7.84. The molecule has 0 aromatic carbocycles. The normalized spacial score (nSPS) is 10.7. The number of anilines is 1. The molecule has 6 heteroatoms. The van der Waals surface area contributed by atoms with Gasteiger partial charge in [0.15, 0.2) is 11.6 Å². The van der Waals surface area contributed by atoms with Crippen molar-refractivity contribution in [1.82, 2.24) is 4.98 Å². The zero-order valence-corrected chi connectivity index (χ0v) is 8.59. The Hall–Kier alpha value is -0.970. The third-order valence-electron chi connectivity index (χ3n) is 1.75. The molecule has 1 aromatic rings. The Labute approximate surface area is 90.7 Å². The molecule has 0 radical (unpaired) electrons. The summed E-state index contributed by atoms with van der Waals surface area (Å²) in [6.45, 7) is -0.430. The van der Waals surface area contributed by atoms with E-state index in [1.807, 2.05) is 0 Å². The minimum absolute atomic E-state index is 0.0848. The third kappa shape index (κ3) is 3.58. The van der Waals surface area contributed by atoms with Crippen molar-refractivity contribution in [3.63, 3.8) is 0 Å². The lowest BCUT2D eigenvalue weighted by Gasteiger charge is -2.22. The molecule has 0 N–H and O–H groups in total. The summed E-state index contributed by atoms with van der Waals surface area (Å²) in [5.41, 5.74) is 0. The second-order valence-electron chi connectivity index (χ2n) is 2.83. The fourth-order valence-corrected chi connectivity index (χ4v) is 1.37. The van der Waals surface area contributed by atoms with Crippen LogP contribution < -0.4 is 4.90 Å². The predicted octanol–water partition coefficient (Wildman–Crippen LogP) is 2.53. The molecule has 0 atom stereocenters. The number of hydrogen-bond donors (Lipinski definition) is 0. The van der Waals surface area contributed by atoms with Gasteiger partial charge in [-0.05, 0) is 12.1 Å². The number of aromatic nitrogens is 1. The number of hydrogen-bond acceptors (Lipinski definition) is 2. The lowest BCUT2D eigenvalue weighted by atomic mass is 10.4. The van der Waals surface area contributed by atoms with E-state index in [-0.39, 0.29) is 18.2 Å². The van der Waals surface area contributed by atoms with Crippen LogP contribution in [-0.2, 0) is 0 Å². The Morgan fingerprint density at radius 1 is 1.47 bits per heavy atom. The number of rotatable bonds is 5. The molecule has 2 nitrogen and oxygen atoms in total. The molecule has 0 aliphatic heterocycles. The summed E-state index contributed by atoms with van der Waals surface area (Å²) in [4.78, 5) is 4.84. The highest BCUT2D eigenvalue weighted by atomic mass is 35.5.